The molecule has 0 aliphatic rings. The van der Waals surface area contributed by atoms with Crippen LogP contribution in [0.5, 0.6) is 11.5 Å². The molecule has 0 radical (unpaired) electrons. The number of methoxy groups -OCH3 is 1. The molecule has 1 aromatic heterocycles. The van der Waals surface area contributed by atoms with Gasteiger partial charge >= 0.3 is 0 Å². The summed E-state index contributed by atoms with van der Waals surface area (Å²) in [6.45, 7) is 1.71. The van der Waals surface area contributed by atoms with Crippen LogP contribution in [0.4, 0.5) is 0 Å². The minimum absolute atomic E-state index is 0.107. The van der Waals surface area contributed by atoms with Crippen molar-refractivity contribution in [2.75, 3.05) is 7.11 Å². The Bertz CT molecular complexity index is 878. The molecule has 3 aromatic rings. The van der Waals surface area contributed by atoms with Gasteiger partial charge in [-0.05, 0) is 25.1 Å². The van der Waals surface area contributed by atoms with Crippen molar-refractivity contribution in [1.29, 1.82) is 0 Å². The third kappa shape index (κ3) is 2.05. The molecule has 21 heavy (non-hydrogen) atoms. The van der Waals surface area contributed by atoms with Gasteiger partial charge in [0.25, 0.3) is 0 Å². The van der Waals surface area contributed by atoms with Crippen molar-refractivity contribution in [2.45, 2.75) is 6.92 Å². The average molecular weight is 282 g/mol. The number of benzene rings is 2. The van der Waals surface area contributed by atoms with Gasteiger partial charge < -0.3 is 14.3 Å². The molecule has 4 nitrogen and oxygen atoms in total. The standard InChI is InChI=1S/C17H14O4/c1-10-14(18)8-7-12-16(19)13(9-21-17(10)12)11-5-3-4-6-15(11)20-2/h3-9,18H,1-2H3. The van der Waals surface area contributed by atoms with Crippen LogP contribution in [0.2, 0.25) is 0 Å². The number of rotatable bonds is 2. The third-order valence-corrected chi connectivity index (χ3v) is 3.56. The van der Waals surface area contributed by atoms with Crippen molar-refractivity contribution in [3.8, 4) is 22.6 Å². The van der Waals surface area contributed by atoms with E-state index in [1.807, 2.05) is 18.2 Å². The summed E-state index contributed by atoms with van der Waals surface area (Å²) in [7, 11) is 1.56. The van der Waals surface area contributed by atoms with Gasteiger partial charge in [-0.2, -0.15) is 0 Å². The van der Waals surface area contributed by atoms with E-state index in [0.29, 0.717) is 33.4 Å². The van der Waals surface area contributed by atoms with Crippen LogP contribution in [0.15, 0.2) is 51.9 Å². The van der Waals surface area contributed by atoms with Crippen LogP contribution in [0.25, 0.3) is 22.1 Å². The molecule has 106 valence electrons. The summed E-state index contributed by atoms with van der Waals surface area (Å²) < 4.78 is 10.9. The fourth-order valence-electron chi connectivity index (χ4n) is 2.38. The van der Waals surface area contributed by atoms with Gasteiger partial charge in [0.2, 0.25) is 5.43 Å². The Labute approximate surface area is 121 Å². The predicted molar refractivity (Wildman–Crippen MR) is 80.9 cm³/mol. The van der Waals surface area contributed by atoms with Gasteiger partial charge in [-0.15, -0.1) is 0 Å². The van der Waals surface area contributed by atoms with Crippen LogP contribution in [-0.2, 0) is 0 Å². The van der Waals surface area contributed by atoms with E-state index in [2.05, 4.69) is 0 Å². The highest BCUT2D eigenvalue weighted by Gasteiger charge is 2.14. The van der Waals surface area contributed by atoms with Gasteiger partial charge in [-0.3, -0.25) is 4.79 Å². The van der Waals surface area contributed by atoms with Gasteiger partial charge in [-0.25, -0.2) is 0 Å². The molecule has 0 atom stereocenters. The summed E-state index contributed by atoms with van der Waals surface area (Å²) >= 11 is 0. The smallest absolute Gasteiger partial charge is 0.200 e. The second-order valence-electron chi connectivity index (χ2n) is 4.77. The lowest BCUT2D eigenvalue weighted by Crippen LogP contribution is -2.06. The number of fused-ring (bicyclic) bond motifs is 1. The van der Waals surface area contributed by atoms with Gasteiger partial charge in [0, 0.05) is 11.1 Å². The van der Waals surface area contributed by atoms with Crippen molar-refractivity contribution in [3.05, 3.63) is 58.4 Å². The van der Waals surface area contributed by atoms with E-state index in [0.717, 1.165) is 0 Å². The van der Waals surface area contributed by atoms with Gasteiger partial charge in [0.05, 0.1) is 18.1 Å². The lowest BCUT2D eigenvalue weighted by Gasteiger charge is -2.09. The lowest BCUT2D eigenvalue weighted by atomic mass is 10.0. The molecule has 1 N–H and O–H groups in total. The number of phenols is 1. The van der Waals surface area contributed by atoms with Crippen LogP contribution in [-0.4, -0.2) is 12.2 Å². The minimum atomic E-state index is -0.149. The number of hydrogen-bond donors (Lipinski definition) is 1. The largest absolute Gasteiger partial charge is 0.508 e. The zero-order valence-corrected chi connectivity index (χ0v) is 11.7. The molecule has 4 heteroatoms. The fraction of sp³-hybridized carbons (Fsp3) is 0.118. The lowest BCUT2D eigenvalue weighted by molar-refractivity contribution is 0.416. The first kappa shape index (κ1) is 13.2. The van der Waals surface area contributed by atoms with Gasteiger partial charge in [0.15, 0.2) is 0 Å². The first-order chi connectivity index (χ1) is 10.1. The van der Waals surface area contributed by atoms with Crippen LogP contribution in [0.3, 0.4) is 0 Å². The van der Waals surface area contributed by atoms with Crippen LogP contribution < -0.4 is 10.2 Å². The van der Waals surface area contributed by atoms with Crippen LogP contribution in [0, 0.1) is 6.92 Å². The Balaban J connectivity index is 2.34. The molecule has 0 fully saturated rings. The Morgan fingerprint density at radius 2 is 1.86 bits per heavy atom. The van der Waals surface area contributed by atoms with E-state index in [4.69, 9.17) is 9.15 Å². The first-order valence-electron chi connectivity index (χ1n) is 6.51. The maximum atomic E-state index is 12.7. The number of ether oxygens (including phenoxy) is 1. The van der Waals surface area contributed by atoms with Crippen molar-refractivity contribution in [2.24, 2.45) is 0 Å². The summed E-state index contributed by atoms with van der Waals surface area (Å²) in [5, 5.41) is 10.1. The molecule has 3 rings (SSSR count). The zero-order valence-electron chi connectivity index (χ0n) is 11.7. The SMILES string of the molecule is COc1ccccc1-c1coc2c(C)c(O)ccc2c1=O. The molecule has 0 bridgehead atoms. The molecule has 0 saturated heterocycles. The zero-order chi connectivity index (χ0) is 15.0. The number of para-hydroxylation sites is 1. The summed E-state index contributed by atoms with van der Waals surface area (Å²) in [5.74, 6) is 0.718. The van der Waals surface area contributed by atoms with E-state index in [9.17, 15) is 9.90 Å². The molecule has 0 aliphatic heterocycles. The van der Waals surface area contributed by atoms with E-state index >= 15 is 0 Å². The highest BCUT2D eigenvalue weighted by Crippen LogP contribution is 2.30. The van der Waals surface area contributed by atoms with Crippen molar-refractivity contribution in [3.63, 3.8) is 0 Å². The van der Waals surface area contributed by atoms with E-state index in [-0.39, 0.29) is 11.2 Å². The van der Waals surface area contributed by atoms with E-state index in [1.54, 1.807) is 26.2 Å². The average Bonchev–Trinajstić information content (AvgIpc) is 2.51. The normalized spacial score (nSPS) is 10.8. The molecule has 0 saturated carbocycles. The predicted octanol–water partition coefficient (Wildman–Crippen LogP) is 3.48. The number of aryl methyl sites for hydroxylation is 1. The number of hydrogen-bond acceptors (Lipinski definition) is 4. The molecule has 0 spiro atoms. The molecule has 0 aliphatic carbocycles. The molecule has 0 amide bonds. The fourth-order valence-corrected chi connectivity index (χ4v) is 2.38. The maximum Gasteiger partial charge on any atom is 0.200 e. The summed E-state index contributed by atoms with van der Waals surface area (Å²) in [5.41, 5.74) is 1.92. The topological polar surface area (TPSA) is 59.7 Å². The van der Waals surface area contributed by atoms with Crippen molar-refractivity contribution >= 4 is 11.0 Å². The minimum Gasteiger partial charge on any atom is -0.508 e. The Kier molecular flexibility index (Phi) is 3.14. The molecule has 0 unspecified atom stereocenters. The van der Waals surface area contributed by atoms with Crippen LogP contribution in [0.1, 0.15) is 5.56 Å². The van der Waals surface area contributed by atoms with Crippen molar-refractivity contribution in [1.82, 2.24) is 0 Å². The second-order valence-corrected chi connectivity index (χ2v) is 4.77. The second kappa shape index (κ2) is 4.98. The molecule has 2 aromatic carbocycles. The van der Waals surface area contributed by atoms with Gasteiger partial charge in [0.1, 0.15) is 23.3 Å². The third-order valence-electron chi connectivity index (χ3n) is 3.56. The Morgan fingerprint density at radius 1 is 1.10 bits per heavy atom. The Hall–Kier alpha value is -2.75. The highest BCUT2D eigenvalue weighted by molar-refractivity contribution is 5.86. The number of aromatic hydroxyl groups is 1. The van der Waals surface area contributed by atoms with Gasteiger partial charge in [-0.1, -0.05) is 18.2 Å². The number of phenolic OH excluding ortho intramolecular Hbond substituents is 1. The quantitative estimate of drug-likeness (QED) is 0.781. The first-order valence-corrected chi connectivity index (χ1v) is 6.51. The molecule has 1 heterocycles. The van der Waals surface area contributed by atoms with Crippen molar-refractivity contribution < 1.29 is 14.3 Å². The maximum absolute atomic E-state index is 12.7. The van der Waals surface area contributed by atoms with E-state index < -0.39 is 0 Å². The summed E-state index contributed by atoms with van der Waals surface area (Å²) in [4.78, 5) is 12.7. The summed E-state index contributed by atoms with van der Waals surface area (Å²) in [6.07, 6.45) is 1.41. The van der Waals surface area contributed by atoms with Crippen LogP contribution >= 0.6 is 0 Å². The highest BCUT2D eigenvalue weighted by atomic mass is 16.5. The van der Waals surface area contributed by atoms with E-state index in [1.165, 1.54) is 12.3 Å². The monoisotopic (exact) mass is 282 g/mol. The molecular weight excluding hydrogens is 268 g/mol. The molecular formula is C17H14O4. The summed E-state index contributed by atoms with van der Waals surface area (Å²) in [6, 6.07) is 10.4. The Morgan fingerprint density at radius 3 is 2.62 bits per heavy atom.